The molecule has 0 heterocycles. The predicted molar refractivity (Wildman–Crippen MR) is 17.3 cm³/mol. The molecule has 0 unspecified atom stereocenters. The van der Waals surface area contributed by atoms with Crippen molar-refractivity contribution in [2.75, 3.05) is 0 Å². The second-order valence-electron chi connectivity index (χ2n) is 0. The molecule has 0 aliphatic rings. The minimum absolute atomic E-state index is 0. The van der Waals surface area contributed by atoms with Crippen molar-refractivity contribution in [1.82, 2.24) is 0 Å². The SMILES string of the molecule is [Bi].[Hg].[In].[Sn]. The van der Waals surface area contributed by atoms with Gasteiger partial charge in [0.05, 0.1) is 0 Å². The molecule has 0 amide bonds. The zero-order chi connectivity index (χ0) is 0. The van der Waals surface area contributed by atoms with E-state index in [0.717, 1.165) is 0 Å². The van der Waals surface area contributed by atoms with Crippen molar-refractivity contribution in [2.45, 2.75) is 0 Å². The summed E-state index contributed by atoms with van der Waals surface area (Å²) in [5.41, 5.74) is 0. The van der Waals surface area contributed by atoms with Crippen LogP contribution >= 0.6 is 0 Å². The van der Waals surface area contributed by atoms with Crippen LogP contribution in [-0.4, -0.2) is 76.0 Å². The summed E-state index contributed by atoms with van der Waals surface area (Å²) in [4.78, 5) is 0. The van der Waals surface area contributed by atoms with Crippen LogP contribution in [0.1, 0.15) is 0 Å². The van der Waals surface area contributed by atoms with Gasteiger partial charge in [0.25, 0.3) is 0 Å². The Labute approximate surface area is 101 Å². The van der Waals surface area contributed by atoms with E-state index in [0.29, 0.717) is 0 Å². The maximum atomic E-state index is 0. The Morgan fingerprint density at radius 2 is 1.00 bits per heavy atom. The zero-order valence-corrected chi connectivity index (χ0v) is 17.4. The summed E-state index contributed by atoms with van der Waals surface area (Å²) in [6.07, 6.45) is 0. The molecule has 0 atom stereocenters. The minimum atomic E-state index is 0. The van der Waals surface area contributed by atoms with Crippen molar-refractivity contribution in [3.63, 3.8) is 0 Å². The Morgan fingerprint density at radius 3 is 1.00 bits per heavy atom. The van der Waals surface area contributed by atoms with Crippen LogP contribution in [0.2, 0.25) is 0 Å². The predicted octanol–water partition coefficient (Wildman–Crippen LogP) is -1.14. The van der Waals surface area contributed by atoms with E-state index < -0.39 is 0 Å². The third-order valence-corrected chi connectivity index (χ3v) is 0. The number of hydrogen-bond acceptors (Lipinski definition) is 0. The Bertz CT molecular complexity index is 8.00. The van der Waals surface area contributed by atoms with Crippen molar-refractivity contribution in [1.29, 1.82) is 0 Å². The van der Waals surface area contributed by atoms with Crippen LogP contribution < -0.4 is 0 Å². The first-order chi connectivity index (χ1) is 0. The molecular weight excluding hydrogens is 643 g/mol. The minimum Gasteiger partial charge on any atom is 0 e. The molecule has 0 spiro atoms. The first-order valence-electron chi connectivity index (χ1n) is 0. The second kappa shape index (κ2) is 16.1. The summed E-state index contributed by atoms with van der Waals surface area (Å²) in [7, 11) is 0. The third-order valence-electron chi connectivity index (χ3n) is 0. The Balaban J connectivity index is 0. The summed E-state index contributed by atoms with van der Waals surface area (Å²) in [5, 5.41) is 0. The van der Waals surface area contributed by atoms with Gasteiger partial charge in [0.2, 0.25) is 0 Å². The molecule has 0 bridgehead atoms. The van der Waals surface area contributed by atoms with Crippen molar-refractivity contribution in [3.05, 3.63) is 0 Å². The first kappa shape index (κ1) is 25.9. The molecule has 14 valence electrons. The fraction of sp³-hybridized carbons (Fsp3) is 0. The zero-order valence-electron chi connectivity index (χ0n) is 2.23. The van der Waals surface area contributed by atoms with Gasteiger partial charge in [-0.25, -0.2) is 0 Å². The number of rotatable bonds is 0. The largest absolute Gasteiger partial charge is 0 e. The molecule has 0 saturated heterocycles. The third kappa shape index (κ3) is 9.09. The molecule has 4 heavy (non-hydrogen) atoms. The summed E-state index contributed by atoms with van der Waals surface area (Å²) in [5.74, 6) is 0. The molecule has 0 aromatic carbocycles. The van der Waals surface area contributed by atoms with Crippen LogP contribution in [0.25, 0.3) is 0 Å². The van der Waals surface area contributed by atoms with E-state index >= 15 is 0 Å². The van der Waals surface area contributed by atoms with Gasteiger partial charge in [0.1, 0.15) is 0 Å². The van der Waals surface area contributed by atoms with E-state index in [9.17, 15) is 0 Å². The van der Waals surface area contributed by atoms with Gasteiger partial charge in [0, 0.05) is 104 Å². The van der Waals surface area contributed by atoms with E-state index in [2.05, 4.69) is 0 Å². The van der Waals surface area contributed by atoms with Gasteiger partial charge in [-0.1, -0.05) is 0 Å². The monoisotopic (exact) mass is 646 g/mol. The average molecular weight is 643 g/mol. The molecule has 0 aliphatic heterocycles. The summed E-state index contributed by atoms with van der Waals surface area (Å²) < 4.78 is 0. The van der Waals surface area contributed by atoms with Crippen LogP contribution in [0, 0.1) is 0 Å². The van der Waals surface area contributed by atoms with Crippen LogP contribution in [0.3, 0.4) is 0 Å². The van der Waals surface area contributed by atoms with Crippen LogP contribution in [-0.2, 0) is 27.7 Å². The fourth-order valence-electron chi connectivity index (χ4n) is 0. The summed E-state index contributed by atoms with van der Waals surface area (Å²) in [6, 6.07) is 0. The summed E-state index contributed by atoms with van der Waals surface area (Å²) >= 11 is 0. The Kier molecular flexibility index (Phi) is 104. The average Bonchev–Trinajstić information content (AvgIpc) is 0. The normalized spacial score (nSPS) is 0. The Hall–Kier alpha value is 3.49. The van der Waals surface area contributed by atoms with Gasteiger partial charge in [-0.3, -0.25) is 0 Å². The standard InChI is InChI=1S/Bi.Hg.In.Sn. The maximum Gasteiger partial charge on any atom is 0 e. The van der Waals surface area contributed by atoms with Crippen molar-refractivity contribution in [3.8, 4) is 0 Å². The van der Waals surface area contributed by atoms with E-state index in [4.69, 9.17) is 0 Å². The molecule has 0 aromatic heterocycles. The molecule has 0 aliphatic carbocycles. The van der Waals surface area contributed by atoms with Gasteiger partial charge in [-0.2, -0.15) is 0 Å². The molecule has 0 saturated carbocycles. The second-order valence-corrected chi connectivity index (χ2v) is 0. The van der Waals surface area contributed by atoms with Gasteiger partial charge in [-0.15, -0.1) is 0 Å². The van der Waals surface area contributed by atoms with Gasteiger partial charge in [0.15, 0.2) is 0 Å². The van der Waals surface area contributed by atoms with E-state index in [-0.39, 0.29) is 104 Å². The molecule has 0 fully saturated rings. The Morgan fingerprint density at radius 1 is 1.00 bits per heavy atom. The van der Waals surface area contributed by atoms with Crippen LogP contribution in [0.5, 0.6) is 0 Å². The molecule has 0 nitrogen and oxygen atoms in total. The maximum absolute atomic E-state index is 0. The van der Waals surface area contributed by atoms with Gasteiger partial charge < -0.3 is 0 Å². The molecule has 0 rings (SSSR count). The molecule has 0 N–H and O–H groups in total. The van der Waals surface area contributed by atoms with Crippen LogP contribution in [0.4, 0.5) is 0 Å². The summed E-state index contributed by atoms with van der Waals surface area (Å²) in [6.45, 7) is 0. The molecule has 0 aromatic rings. The molecular formula is BiHgInSn. The van der Waals surface area contributed by atoms with E-state index in [1.54, 1.807) is 0 Å². The van der Waals surface area contributed by atoms with Crippen molar-refractivity contribution in [2.24, 2.45) is 0 Å². The van der Waals surface area contributed by atoms with Gasteiger partial charge in [-0.05, 0) is 0 Å². The molecule has 4 heteroatoms. The smallest absolute Gasteiger partial charge is 0 e. The van der Waals surface area contributed by atoms with Crippen LogP contribution in [0.15, 0.2) is 0 Å². The van der Waals surface area contributed by atoms with Crippen molar-refractivity contribution < 1.29 is 27.7 Å². The molecule has 10 radical (unpaired) electrons. The fourth-order valence-corrected chi connectivity index (χ4v) is 0. The number of hydrogen-bond donors (Lipinski definition) is 0. The van der Waals surface area contributed by atoms with E-state index in [1.807, 2.05) is 0 Å². The topological polar surface area (TPSA) is 0 Å². The quantitative estimate of drug-likeness (QED) is 0.293. The van der Waals surface area contributed by atoms with Gasteiger partial charge >= 0.3 is 0 Å². The van der Waals surface area contributed by atoms with E-state index in [1.165, 1.54) is 0 Å². The first-order valence-corrected chi connectivity index (χ1v) is 0. The van der Waals surface area contributed by atoms with Crippen molar-refractivity contribution >= 4 is 76.0 Å².